The van der Waals surface area contributed by atoms with Crippen LogP contribution in [0, 0.1) is 0 Å². The van der Waals surface area contributed by atoms with Gasteiger partial charge < -0.3 is 14.8 Å². The molecule has 3 nitrogen and oxygen atoms in total. The van der Waals surface area contributed by atoms with E-state index in [0.29, 0.717) is 30.0 Å². The molecule has 0 radical (unpaired) electrons. The molecule has 1 atom stereocenters. The zero-order valence-electron chi connectivity index (χ0n) is 11.2. The lowest BCUT2D eigenvalue weighted by Crippen LogP contribution is -2.19. The molecule has 1 N–H and O–H groups in total. The van der Waals surface area contributed by atoms with E-state index in [-0.39, 0.29) is 0 Å². The number of ether oxygens (including phenoxy) is 2. The van der Waals surface area contributed by atoms with Crippen molar-refractivity contribution >= 4 is 22.9 Å². The van der Waals surface area contributed by atoms with Crippen LogP contribution in [0.25, 0.3) is 0 Å². The summed E-state index contributed by atoms with van der Waals surface area (Å²) in [4.78, 5) is 0. The maximum absolute atomic E-state index is 6.23. The molecule has 2 heterocycles. The van der Waals surface area contributed by atoms with E-state index < -0.39 is 0 Å². The molecule has 1 aliphatic heterocycles. The van der Waals surface area contributed by atoms with E-state index in [0.717, 1.165) is 17.9 Å². The van der Waals surface area contributed by atoms with Crippen molar-refractivity contribution in [1.82, 2.24) is 5.32 Å². The Hall–Kier alpha value is -1.23. The maximum atomic E-state index is 6.23. The summed E-state index contributed by atoms with van der Waals surface area (Å²) in [5.41, 5.74) is 2.40. The molecule has 3 rings (SSSR count). The third-order valence-electron chi connectivity index (χ3n) is 3.31. The van der Waals surface area contributed by atoms with Crippen LogP contribution in [0.5, 0.6) is 11.5 Å². The number of hydrogen-bond acceptors (Lipinski definition) is 4. The summed E-state index contributed by atoms with van der Waals surface area (Å²) >= 11 is 7.94. The molecule has 5 heteroatoms. The van der Waals surface area contributed by atoms with Gasteiger partial charge >= 0.3 is 0 Å². The smallest absolute Gasteiger partial charge is 0.179 e. The molecular weight excluding hydrogens is 294 g/mol. The Labute approximate surface area is 127 Å². The molecule has 0 aliphatic carbocycles. The molecule has 0 spiro atoms. The number of thiophene rings is 1. The SMILES string of the molecule is CC(NCc1cc(Cl)c2c(c1)OCCO2)c1ccsc1. The van der Waals surface area contributed by atoms with Gasteiger partial charge in [-0.05, 0) is 47.0 Å². The first kappa shape index (κ1) is 13.7. The van der Waals surface area contributed by atoms with E-state index in [4.69, 9.17) is 21.1 Å². The molecule has 2 aromatic rings. The molecule has 1 unspecified atom stereocenters. The van der Waals surface area contributed by atoms with Crippen molar-refractivity contribution in [2.45, 2.75) is 19.5 Å². The summed E-state index contributed by atoms with van der Waals surface area (Å²) in [5, 5.41) is 8.35. The molecule has 0 saturated carbocycles. The van der Waals surface area contributed by atoms with Crippen molar-refractivity contribution in [2.24, 2.45) is 0 Å². The first-order chi connectivity index (χ1) is 9.74. The van der Waals surface area contributed by atoms with E-state index in [1.165, 1.54) is 5.56 Å². The van der Waals surface area contributed by atoms with Crippen molar-refractivity contribution in [3.8, 4) is 11.5 Å². The molecule has 106 valence electrons. The largest absolute Gasteiger partial charge is 0.486 e. The summed E-state index contributed by atoms with van der Waals surface area (Å²) in [6.07, 6.45) is 0. The van der Waals surface area contributed by atoms with Crippen molar-refractivity contribution in [2.75, 3.05) is 13.2 Å². The Kier molecular flexibility index (Phi) is 4.15. The van der Waals surface area contributed by atoms with Crippen molar-refractivity contribution in [3.63, 3.8) is 0 Å². The summed E-state index contributed by atoms with van der Waals surface area (Å²) in [6, 6.07) is 6.38. The molecule has 1 aromatic carbocycles. The quantitative estimate of drug-likeness (QED) is 0.925. The van der Waals surface area contributed by atoms with E-state index in [9.17, 15) is 0 Å². The van der Waals surface area contributed by atoms with Crippen LogP contribution in [-0.4, -0.2) is 13.2 Å². The van der Waals surface area contributed by atoms with Gasteiger partial charge in [-0.3, -0.25) is 0 Å². The number of rotatable bonds is 4. The number of fused-ring (bicyclic) bond motifs is 1. The Morgan fingerprint density at radius 3 is 3.00 bits per heavy atom. The molecule has 20 heavy (non-hydrogen) atoms. The number of hydrogen-bond donors (Lipinski definition) is 1. The van der Waals surface area contributed by atoms with Crippen LogP contribution in [0.4, 0.5) is 0 Å². The van der Waals surface area contributed by atoms with Crippen LogP contribution in [0.1, 0.15) is 24.1 Å². The monoisotopic (exact) mass is 309 g/mol. The summed E-state index contributed by atoms with van der Waals surface area (Å²) in [6.45, 7) is 4.03. The third kappa shape index (κ3) is 2.92. The lowest BCUT2D eigenvalue weighted by Gasteiger charge is -2.21. The van der Waals surface area contributed by atoms with Crippen LogP contribution < -0.4 is 14.8 Å². The predicted octanol–water partition coefficient (Wildman–Crippen LogP) is 4.02. The van der Waals surface area contributed by atoms with E-state index in [1.54, 1.807) is 11.3 Å². The molecule has 0 fully saturated rings. The first-order valence-corrected chi connectivity index (χ1v) is 7.89. The fourth-order valence-corrected chi connectivity index (χ4v) is 3.22. The van der Waals surface area contributed by atoms with Crippen LogP contribution in [-0.2, 0) is 6.54 Å². The second kappa shape index (κ2) is 6.04. The Balaban J connectivity index is 1.70. The molecule has 1 aliphatic rings. The number of halogens is 1. The van der Waals surface area contributed by atoms with Crippen LogP contribution in [0.15, 0.2) is 29.0 Å². The van der Waals surface area contributed by atoms with Gasteiger partial charge in [0.2, 0.25) is 0 Å². The second-order valence-corrected chi connectivity index (χ2v) is 5.95. The van der Waals surface area contributed by atoms with Crippen LogP contribution in [0.2, 0.25) is 5.02 Å². The Bertz CT molecular complexity index is 586. The number of nitrogens with one attached hydrogen (secondary N) is 1. The molecule has 0 saturated heterocycles. The van der Waals surface area contributed by atoms with Gasteiger partial charge in [-0.1, -0.05) is 11.6 Å². The van der Waals surface area contributed by atoms with Gasteiger partial charge in [0, 0.05) is 12.6 Å². The van der Waals surface area contributed by atoms with Gasteiger partial charge in [0.1, 0.15) is 13.2 Å². The van der Waals surface area contributed by atoms with Gasteiger partial charge in [0.25, 0.3) is 0 Å². The van der Waals surface area contributed by atoms with E-state index in [2.05, 4.69) is 29.1 Å². The fourth-order valence-electron chi connectivity index (χ4n) is 2.18. The molecular formula is C15H16ClNO2S. The minimum Gasteiger partial charge on any atom is -0.486 e. The Morgan fingerprint density at radius 2 is 2.20 bits per heavy atom. The van der Waals surface area contributed by atoms with Gasteiger partial charge in [-0.25, -0.2) is 0 Å². The molecule has 0 bridgehead atoms. The van der Waals surface area contributed by atoms with Gasteiger partial charge in [-0.2, -0.15) is 11.3 Å². The van der Waals surface area contributed by atoms with Crippen molar-refractivity contribution in [1.29, 1.82) is 0 Å². The average molecular weight is 310 g/mol. The van der Waals surface area contributed by atoms with Crippen LogP contribution in [0.3, 0.4) is 0 Å². The first-order valence-electron chi connectivity index (χ1n) is 6.57. The highest BCUT2D eigenvalue weighted by atomic mass is 35.5. The number of benzene rings is 1. The molecule has 0 amide bonds. The lowest BCUT2D eigenvalue weighted by atomic mass is 10.1. The zero-order chi connectivity index (χ0) is 13.9. The lowest BCUT2D eigenvalue weighted by molar-refractivity contribution is 0.171. The minimum absolute atomic E-state index is 0.313. The van der Waals surface area contributed by atoms with Gasteiger partial charge in [0.15, 0.2) is 11.5 Å². The van der Waals surface area contributed by atoms with E-state index in [1.807, 2.05) is 12.1 Å². The predicted molar refractivity (Wildman–Crippen MR) is 82.0 cm³/mol. The normalized spacial score (nSPS) is 15.1. The zero-order valence-corrected chi connectivity index (χ0v) is 12.8. The highest BCUT2D eigenvalue weighted by Gasteiger charge is 2.16. The van der Waals surface area contributed by atoms with Crippen molar-refractivity contribution in [3.05, 3.63) is 45.1 Å². The van der Waals surface area contributed by atoms with Crippen molar-refractivity contribution < 1.29 is 9.47 Å². The van der Waals surface area contributed by atoms with E-state index >= 15 is 0 Å². The highest BCUT2D eigenvalue weighted by Crippen LogP contribution is 2.38. The summed E-state index contributed by atoms with van der Waals surface area (Å²) < 4.78 is 11.1. The third-order valence-corrected chi connectivity index (χ3v) is 4.29. The van der Waals surface area contributed by atoms with Gasteiger partial charge in [0.05, 0.1) is 5.02 Å². The highest BCUT2D eigenvalue weighted by molar-refractivity contribution is 7.07. The van der Waals surface area contributed by atoms with Gasteiger partial charge in [-0.15, -0.1) is 0 Å². The standard InChI is InChI=1S/C15H16ClNO2S/c1-10(12-2-5-20-9-12)17-8-11-6-13(16)15-14(7-11)18-3-4-19-15/h2,5-7,9-10,17H,3-4,8H2,1H3. The summed E-state index contributed by atoms with van der Waals surface area (Å²) in [5.74, 6) is 1.40. The average Bonchev–Trinajstić information content (AvgIpc) is 2.99. The Morgan fingerprint density at radius 1 is 1.35 bits per heavy atom. The maximum Gasteiger partial charge on any atom is 0.179 e. The summed E-state index contributed by atoms with van der Waals surface area (Å²) in [7, 11) is 0. The minimum atomic E-state index is 0.313. The fraction of sp³-hybridized carbons (Fsp3) is 0.333. The topological polar surface area (TPSA) is 30.5 Å². The molecule has 1 aromatic heterocycles. The van der Waals surface area contributed by atoms with Crippen LogP contribution >= 0.6 is 22.9 Å². The second-order valence-electron chi connectivity index (χ2n) is 4.76.